The van der Waals surface area contributed by atoms with E-state index in [0.717, 1.165) is 22.6 Å². The SMILES string of the molecule is CC(=O)/C(=C(\C)O)c1c(-c2ccccc2)n(-c2ccccc2)c2cc(C)n(-c3ccccc3)c(=O)c12. The van der Waals surface area contributed by atoms with Crippen LogP contribution in [-0.4, -0.2) is 20.0 Å². The summed E-state index contributed by atoms with van der Waals surface area (Å²) >= 11 is 0. The van der Waals surface area contributed by atoms with Gasteiger partial charge in [-0.2, -0.15) is 0 Å². The third-order valence-corrected chi connectivity index (χ3v) is 6.36. The summed E-state index contributed by atoms with van der Waals surface area (Å²) < 4.78 is 3.66. The van der Waals surface area contributed by atoms with Crippen LogP contribution in [0.1, 0.15) is 25.1 Å². The molecule has 0 fully saturated rings. The average molecular weight is 475 g/mol. The molecule has 2 aromatic heterocycles. The Hall–Kier alpha value is -4.64. The zero-order valence-electron chi connectivity index (χ0n) is 20.4. The monoisotopic (exact) mass is 474 g/mol. The maximum atomic E-state index is 14.3. The van der Waals surface area contributed by atoms with Crippen LogP contribution < -0.4 is 5.56 Å². The van der Waals surface area contributed by atoms with Crippen molar-refractivity contribution in [3.63, 3.8) is 0 Å². The molecule has 0 saturated heterocycles. The minimum atomic E-state index is -0.314. The van der Waals surface area contributed by atoms with Gasteiger partial charge in [-0.25, -0.2) is 0 Å². The van der Waals surface area contributed by atoms with Gasteiger partial charge in [-0.05, 0) is 56.7 Å². The van der Waals surface area contributed by atoms with Gasteiger partial charge in [0.1, 0.15) is 5.76 Å². The molecule has 5 nitrogen and oxygen atoms in total. The van der Waals surface area contributed by atoms with E-state index in [0.29, 0.717) is 22.2 Å². The Kier molecular flexibility index (Phi) is 5.90. The first-order valence-corrected chi connectivity index (χ1v) is 11.8. The van der Waals surface area contributed by atoms with E-state index >= 15 is 0 Å². The van der Waals surface area contributed by atoms with Gasteiger partial charge in [-0.1, -0.05) is 66.7 Å². The Morgan fingerprint density at radius 1 is 0.750 bits per heavy atom. The lowest BCUT2D eigenvalue weighted by Gasteiger charge is -2.14. The number of pyridine rings is 1. The number of ketones is 1. The lowest BCUT2D eigenvalue weighted by atomic mass is 9.95. The number of rotatable bonds is 5. The number of aliphatic hydroxyl groups excluding tert-OH is 1. The van der Waals surface area contributed by atoms with Crippen LogP contribution in [0, 0.1) is 6.92 Å². The molecule has 0 aliphatic heterocycles. The van der Waals surface area contributed by atoms with Gasteiger partial charge in [0.25, 0.3) is 5.56 Å². The van der Waals surface area contributed by atoms with Crippen molar-refractivity contribution in [3.05, 3.63) is 124 Å². The fourth-order valence-electron chi connectivity index (χ4n) is 4.95. The lowest BCUT2D eigenvalue weighted by molar-refractivity contribution is -0.111. The van der Waals surface area contributed by atoms with Gasteiger partial charge >= 0.3 is 0 Å². The highest BCUT2D eigenvalue weighted by Gasteiger charge is 2.29. The van der Waals surface area contributed by atoms with E-state index in [2.05, 4.69) is 0 Å². The molecular formula is C31H26N2O3. The van der Waals surface area contributed by atoms with Gasteiger partial charge in [0.05, 0.1) is 22.2 Å². The molecule has 0 unspecified atom stereocenters. The molecule has 0 amide bonds. The lowest BCUT2D eigenvalue weighted by Crippen LogP contribution is -2.21. The van der Waals surface area contributed by atoms with Gasteiger partial charge in [-0.3, -0.25) is 14.2 Å². The maximum absolute atomic E-state index is 14.3. The zero-order valence-corrected chi connectivity index (χ0v) is 20.4. The molecule has 5 heteroatoms. The minimum absolute atomic E-state index is 0.127. The number of carbonyl (C=O) groups excluding carboxylic acids is 1. The van der Waals surface area contributed by atoms with E-state index in [1.54, 1.807) is 4.57 Å². The van der Waals surface area contributed by atoms with Gasteiger partial charge in [0, 0.05) is 22.6 Å². The van der Waals surface area contributed by atoms with Crippen molar-refractivity contribution >= 4 is 22.3 Å². The topological polar surface area (TPSA) is 64.2 Å². The van der Waals surface area contributed by atoms with Gasteiger partial charge in [0.2, 0.25) is 0 Å². The molecular weight excluding hydrogens is 448 g/mol. The second-order valence-electron chi connectivity index (χ2n) is 8.80. The van der Waals surface area contributed by atoms with Crippen molar-refractivity contribution in [1.29, 1.82) is 0 Å². The van der Waals surface area contributed by atoms with E-state index in [1.165, 1.54) is 13.8 Å². The average Bonchev–Trinajstić information content (AvgIpc) is 3.20. The number of aryl methyl sites for hydroxylation is 1. The number of Topliss-reactive ketones (excluding diaryl/α,β-unsaturated/α-hetero) is 1. The quantitative estimate of drug-likeness (QED) is 0.230. The molecule has 0 aliphatic rings. The number of para-hydroxylation sites is 2. The van der Waals surface area contributed by atoms with Crippen molar-refractivity contribution < 1.29 is 9.90 Å². The number of fused-ring (bicyclic) bond motifs is 1. The van der Waals surface area contributed by atoms with Crippen LogP contribution in [0.15, 0.2) is 108 Å². The molecule has 0 bridgehead atoms. The predicted molar refractivity (Wildman–Crippen MR) is 145 cm³/mol. The number of aromatic nitrogens is 2. The molecule has 0 aliphatic carbocycles. The summed E-state index contributed by atoms with van der Waals surface area (Å²) in [4.78, 5) is 27.2. The molecule has 2 heterocycles. The first-order valence-electron chi connectivity index (χ1n) is 11.8. The van der Waals surface area contributed by atoms with Gasteiger partial charge < -0.3 is 9.67 Å². The molecule has 0 radical (unpaired) electrons. The molecule has 36 heavy (non-hydrogen) atoms. The molecule has 3 aromatic carbocycles. The zero-order chi connectivity index (χ0) is 25.4. The number of nitrogens with zero attached hydrogens (tertiary/aromatic N) is 2. The maximum Gasteiger partial charge on any atom is 0.265 e. The number of aliphatic hydroxyl groups is 1. The van der Waals surface area contributed by atoms with E-state index < -0.39 is 0 Å². The number of allylic oxidation sites excluding steroid dienone is 2. The molecule has 178 valence electrons. The van der Waals surface area contributed by atoms with Crippen molar-refractivity contribution in [1.82, 2.24) is 9.13 Å². The molecule has 0 atom stereocenters. The van der Waals surface area contributed by atoms with Crippen molar-refractivity contribution in [2.24, 2.45) is 0 Å². The molecule has 0 spiro atoms. The number of hydrogen-bond donors (Lipinski definition) is 1. The van der Waals surface area contributed by atoms with E-state index in [4.69, 9.17) is 0 Å². The number of hydrogen-bond acceptors (Lipinski definition) is 3. The van der Waals surface area contributed by atoms with Gasteiger partial charge in [-0.15, -0.1) is 0 Å². The van der Waals surface area contributed by atoms with E-state index in [-0.39, 0.29) is 22.7 Å². The summed E-state index contributed by atoms with van der Waals surface area (Å²) in [7, 11) is 0. The first kappa shape index (κ1) is 23.1. The summed E-state index contributed by atoms with van der Waals surface area (Å²) in [6.07, 6.45) is 0. The van der Waals surface area contributed by atoms with Crippen LogP contribution in [0.25, 0.3) is 39.1 Å². The highest BCUT2D eigenvalue weighted by molar-refractivity contribution is 6.25. The third-order valence-electron chi connectivity index (χ3n) is 6.36. The predicted octanol–water partition coefficient (Wildman–Crippen LogP) is 6.63. The van der Waals surface area contributed by atoms with Gasteiger partial charge in [0.15, 0.2) is 5.78 Å². The van der Waals surface area contributed by atoms with Crippen molar-refractivity contribution in [2.45, 2.75) is 20.8 Å². The van der Waals surface area contributed by atoms with Crippen LogP contribution in [0.5, 0.6) is 0 Å². The molecule has 1 N–H and O–H groups in total. The van der Waals surface area contributed by atoms with Crippen LogP contribution in [0.4, 0.5) is 0 Å². The minimum Gasteiger partial charge on any atom is -0.512 e. The number of carbonyl (C=O) groups is 1. The Bertz CT molecular complexity index is 1670. The van der Waals surface area contributed by atoms with Crippen LogP contribution in [0.2, 0.25) is 0 Å². The number of benzene rings is 3. The van der Waals surface area contributed by atoms with Crippen LogP contribution >= 0.6 is 0 Å². The Labute approximate surface area is 209 Å². The third kappa shape index (κ3) is 3.75. The molecule has 5 aromatic rings. The fraction of sp³-hybridized carbons (Fsp3) is 0.0968. The van der Waals surface area contributed by atoms with Crippen LogP contribution in [0.3, 0.4) is 0 Å². The normalized spacial score (nSPS) is 12.0. The second-order valence-corrected chi connectivity index (χ2v) is 8.80. The summed E-state index contributed by atoms with van der Waals surface area (Å²) in [5.41, 5.74) is 4.83. The van der Waals surface area contributed by atoms with Crippen molar-refractivity contribution in [3.8, 4) is 22.6 Å². The first-order chi connectivity index (χ1) is 17.4. The van der Waals surface area contributed by atoms with E-state index in [9.17, 15) is 14.7 Å². The second kappa shape index (κ2) is 9.19. The summed E-state index contributed by atoms with van der Waals surface area (Å²) in [6.45, 7) is 4.80. The highest BCUT2D eigenvalue weighted by Crippen LogP contribution is 2.40. The standard InChI is InChI=1S/C31H26N2O3/c1-20-19-26-28(31(36)32(20)24-15-9-5-10-16-24)29(27(21(2)34)22(3)35)30(23-13-7-4-8-14-23)33(26)25-17-11-6-12-18-25/h4-19,34H,1-3H3/b27-21-. The molecule has 0 saturated carbocycles. The highest BCUT2D eigenvalue weighted by atomic mass is 16.3. The van der Waals surface area contributed by atoms with Crippen molar-refractivity contribution in [2.75, 3.05) is 0 Å². The Morgan fingerprint density at radius 2 is 1.25 bits per heavy atom. The Balaban J connectivity index is 2.08. The van der Waals surface area contributed by atoms with E-state index in [1.807, 2.05) is 109 Å². The summed E-state index contributed by atoms with van der Waals surface area (Å²) in [6, 6.07) is 30.8. The largest absolute Gasteiger partial charge is 0.512 e. The fourth-order valence-corrected chi connectivity index (χ4v) is 4.95. The Morgan fingerprint density at radius 3 is 1.75 bits per heavy atom. The summed E-state index contributed by atoms with van der Waals surface area (Å²) in [5, 5.41) is 11.1. The van der Waals surface area contributed by atoms with Crippen LogP contribution in [-0.2, 0) is 4.79 Å². The smallest absolute Gasteiger partial charge is 0.265 e. The summed E-state index contributed by atoms with van der Waals surface area (Å²) in [5.74, 6) is -0.441. The molecule has 5 rings (SSSR count).